The second-order valence-electron chi connectivity index (χ2n) is 5.83. The van der Waals surface area contributed by atoms with E-state index in [2.05, 4.69) is 49.5 Å². The van der Waals surface area contributed by atoms with Gasteiger partial charge in [-0.2, -0.15) is 8.42 Å². The van der Waals surface area contributed by atoms with Crippen LogP contribution in [0.4, 0.5) is 3.89 Å². The molecule has 0 saturated heterocycles. The summed E-state index contributed by atoms with van der Waals surface area (Å²) in [6.07, 6.45) is 27.0. The lowest BCUT2D eigenvalue weighted by Crippen LogP contribution is -1.97. The van der Waals surface area contributed by atoms with Gasteiger partial charge in [-0.05, 0) is 51.4 Å². The molecule has 0 aromatic heterocycles. The molecular weight excluding hydrogens is 323 g/mol. The molecule has 24 heavy (non-hydrogen) atoms. The van der Waals surface area contributed by atoms with E-state index in [-0.39, 0.29) is 5.75 Å². The minimum atomic E-state index is -4.29. The minimum Gasteiger partial charge on any atom is -0.195 e. The summed E-state index contributed by atoms with van der Waals surface area (Å²) in [4.78, 5) is 0. The van der Waals surface area contributed by atoms with E-state index in [1.54, 1.807) is 0 Å². The lowest BCUT2D eigenvalue weighted by molar-refractivity contribution is 0.548. The number of hydrogen-bond donors (Lipinski definition) is 0. The second kappa shape index (κ2) is 16.7. The molecule has 0 heterocycles. The smallest absolute Gasteiger partial charge is 0.195 e. The predicted octanol–water partition coefficient (Wildman–Crippen LogP) is 6.43. The minimum absolute atomic E-state index is 0.360. The van der Waals surface area contributed by atoms with Crippen LogP contribution < -0.4 is 0 Å². The first-order valence-electron chi connectivity index (χ1n) is 9.08. The predicted molar refractivity (Wildman–Crippen MR) is 103 cm³/mol. The lowest BCUT2D eigenvalue weighted by Gasteiger charge is -1.93. The van der Waals surface area contributed by atoms with Gasteiger partial charge in [-0.1, -0.05) is 68.4 Å². The normalized spacial score (nSPS) is 13.2. The van der Waals surface area contributed by atoms with Crippen LogP contribution in [0.2, 0.25) is 0 Å². The van der Waals surface area contributed by atoms with E-state index in [0.717, 1.165) is 25.7 Å². The third-order valence-electron chi connectivity index (χ3n) is 3.47. The molecule has 0 spiro atoms. The topological polar surface area (TPSA) is 34.1 Å². The SMILES string of the molecule is CCCCC/C=C\C/C=C\C/C=C\C/C=C\CCCCS(=O)(=O)F. The largest absolute Gasteiger partial charge is 0.302 e. The molecule has 0 unspecified atom stereocenters. The van der Waals surface area contributed by atoms with Crippen LogP contribution in [0.15, 0.2) is 48.6 Å². The van der Waals surface area contributed by atoms with Crippen molar-refractivity contribution in [2.24, 2.45) is 0 Å². The van der Waals surface area contributed by atoms with Crippen LogP contribution in [0.25, 0.3) is 0 Å². The van der Waals surface area contributed by atoms with Crippen LogP contribution in [-0.2, 0) is 10.2 Å². The molecule has 0 rings (SSSR count). The fraction of sp³-hybridized carbons (Fsp3) is 0.600. The van der Waals surface area contributed by atoms with Gasteiger partial charge in [0.05, 0.1) is 5.75 Å². The molecule has 0 atom stereocenters. The Hall–Kier alpha value is -1.16. The van der Waals surface area contributed by atoms with Gasteiger partial charge in [0.15, 0.2) is 0 Å². The van der Waals surface area contributed by atoms with Gasteiger partial charge in [0, 0.05) is 0 Å². The van der Waals surface area contributed by atoms with Gasteiger partial charge in [-0.15, -0.1) is 3.89 Å². The summed E-state index contributed by atoms with van der Waals surface area (Å²) in [5.41, 5.74) is 0. The molecule has 0 aliphatic carbocycles. The molecule has 0 aliphatic rings. The molecule has 2 nitrogen and oxygen atoms in total. The molecule has 0 saturated carbocycles. The highest BCUT2D eigenvalue weighted by Crippen LogP contribution is 2.03. The molecule has 0 N–H and O–H groups in total. The van der Waals surface area contributed by atoms with E-state index in [4.69, 9.17) is 0 Å². The summed E-state index contributed by atoms with van der Waals surface area (Å²) in [7, 11) is -4.29. The standard InChI is InChI=1S/C20H33FO2S/c1-2-3-4-5-6-7-8-9-10-11-12-13-14-15-16-17-18-19-20-24(21,22)23/h6-7,9-10,12-13,15-16H,2-5,8,11,14,17-20H2,1H3/b7-6-,10-9-,13-12-,16-15-. The van der Waals surface area contributed by atoms with E-state index < -0.39 is 10.2 Å². The van der Waals surface area contributed by atoms with Crippen molar-refractivity contribution in [3.63, 3.8) is 0 Å². The van der Waals surface area contributed by atoms with Crippen molar-refractivity contribution in [1.29, 1.82) is 0 Å². The maximum atomic E-state index is 12.2. The van der Waals surface area contributed by atoms with Crippen LogP contribution in [0.5, 0.6) is 0 Å². The number of hydrogen-bond acceptors (Lipinski definition) is 2. The average Bonchev–Trinajstić information content (AvgIpc) is 2.52. The summed E-state index contributed by atoms with van der Waals surface area (Å²) in [5, 5.41) is 0. The van der Waals surface area contributed by atoms with Crippen molar-refractivity contribution in [2.45, 2.75) is 71.1 Å². The highest BCUT2D eigenvalue weighted by molar-refractivity contribution is 7.86. The van der Waals surface area contributed by atoms with Crippen LogP contribution >= 0.6 is 0 Å². The van der Waals surface area contributed by atoms with Crippen molar-refractivity contribution in [3.8, 4) is 0 Å². The molecule has 0 bridgehead atoms. The Labute approximate surface area is 148 Å². The summed E-state index contributed by atoms with van der Waals surface area (Å²) >= 11 is 0. The molecule has 0 aliphatic heterocycles. The Morgan fingerprint density at radius 3 is 1.50 bits per heavy atom. The van der Waals surface area contributed by atoms with Gasteiger partial charge < -0.3 is 0 Å². The van der Waals surface area contributed by atoms with Crippen LogP contribution in [0.3, 0.4) is 0 Å². The summed E-state index contributed by atoms with van der Waals surface area (Å²) in [5.74, 6) is -0.360. The first-order chi connectivity index (χ1) is 11.6. The first-order valence-corrected chi connectivity index (χ1v) is 10.6. The third kappa shape index (κ3) is 20.8. The van der Waals surface area contributed by atoms with Crippen molar-refractivity contribution in [2.75, 3.05) is 5.75 Å². The lowest BCUT2D eigenvalue weighted by atomic mass is 10.2. The monoisotopic (exact) mass is 356 g/mol. The van der Waals surface area contributed by atoms with Crippen molar-refractivity contribution in [1.82, 2.24) is 0 Å². The fourth-order valence-corrected chi connectivity index (χ4v) is 2.65. The number of allylic oxidation sites excluding steroid dienone is 8. The molecule has 0 amide bonds. The highest BCUT2D eigenvalue weighted by atomic mass is 32.3. The average molecular weight is 357 g/mol. The summed E-state index contributed by atoms with van der Waals surface area (Å²) in [6, 6.07) is 0. The van der Waals surface area contributed by atoms with Crippen molar-refractivity contribution < 1.29 is 12.3 Å². The Bertz CT molecular complexity index is 488. The molecule has 0 radical (unpaired) electrons. The van der Waals surface area contributed by atoms with Gasteiger partial charge in [0.1, 0.15) is 0 Å². The van der Waals surface area contributed by atoms with E-state index in [0.29, 0.717) is 12.8 Å². The third-order valence-corrected chi connectivity index (χ3v) is 4.24. The van der Waals surface area contributed by atoms with E-state index in [1.165, 1.54) is 25.7 Å². The van der Waals surface area contributed by atoms with Crippen LogP contribution in [0, 0.1) is 0 Å². The zero-order valence-electron chi connectivity index (χ0n) is 15.0. The maximum absolute atomic E-state index is 12.2. The van der Waals surface area contributed by atoms with Gasteiger partial charge in [0.2, 0.25) is 0 Å². The van der Waals surface area contributed by atoms with Crippen molar-refractivity contribution in [3.05, 3.63) is 48.6 Å². The Morgan fingerprint density at radius 1 is 0.667 bits per heavy atom. The van der Waals surface area contributed by atoms with Crippen molar-refractivity contribution >= 4 is 10.2 Å². The van der Waals surface area contributed by atoms with E-state index in [1.807, 2.05) is 6.08 Å². The fourth-order valence-electron chi connectivity index (χ4n) is 2.10. The molecule has 0 aromatic rings. The maximum Gasteiger partial charge on any atom is 0.302 e. The molecule has 0 aromatic carbocycles. The summed E-state index contributed by atoms with van der Waals surface area (Å²) in [6.45, 7) is 2.22. The Kier molecular flexibility index (Phi) is 15.9. The van der Waals surface area contributed by atoms with Gasteiger partial charge >= 0.3 is 10.2 Å². The van der Waals surface area contributed by atoms with E-state index >= 15 is 0 Å². The van der Waals surface area contributed by atoms with Gasteiger partial charge in [-0.3, -0.25) is 0 Å². The molecule has 0 fully saturated rings. The van der Waals surface area contributed by atoms with Crippen LogP contribution in [-0.4, -0.2) is 14.2 Å². The first kappa shape index (κ1) is 22.8. The molecule has 4 heteroatoms. The van der Waals surface area contributed by atoms with Gasteiger partial charge in [-0.25, -0.2) is 0 Å². The number of rotatable bonds is 15. The Balaban J connectivity index is 3.45. The number of unbranched alkanes of at least 4 members (excludes halogenated alkanes) is 5. The highest BCUT2D eigenvalue weighted by Gasteiger charge is 2.04. The quantitative estimate of drug-likeness (QED) is 0.192. The molecular formula is C20H33FO2S. The zero-order valence-corrected chi connectivity index (χ0v) is 15.8. The second-order valence-corrected chi connectivity index (χ2v) is 7.31. The number of halogens is 1. The van der Waals surface area contributed by atoms with E-state index in [9.17, 15) is 12.3 Å². The van der Waals surface area contributed by atoms with Crippen LogP contribution in [0.1, 0.15) is 71.1 Å². The van der Waals surface area contributed by atoms with Gasteiger partial charge in [0.25, 0.3) is 0 Å². The molecule has 138 valence electrons. The Morgan fingerprint density at radius 2 is 1.08 bits per heavy atom. The summed E-state index contributed by atoms with van der Waals surface area (Å²) < 4.78 is 32.8. The zero-order chi connectivity index (χ0) is 17.9.